The van der Waals surface area contributed by atoms with Gasteiger partial charge in [0.1, 0.15) is 6.10 Å². The minimum Gasteiger partial charge on any atom is -0.463 e. The van der Waals surface area contributed by atoms with Gasteiger partial charge in [-0.1, -0.05) is 40.5 Å². The molecule has 0 aromatic carbocycles. The molecular formula is C19H36O4. The van der Waals surface area contributed by atoms with Crippen LogP contribution in [0, 0.1) is 11.8 Å². The van der Waals surface area contributed by atoms with E-state index in [1.165, 1.54) is 0 Å². The summed E-state index contributed by atoms with van der Waals surface area (Å²) in [5.74, 6) is 0.653. The van der Waals surface area contributed by atoms with Crippen molar-refractivity contribution in [2.24, 2.45) is 11.8 Å². The first-order valence-corrected chi connectivity index (χ1v) is 9.15. The Labute approximate surface area is 142 Å². The molecule has 0 saturated heterocycles. The number of ether oxygens (including phenoxy) is 2. The Morgan fingerprint density at radius 3 is 1.83 bits per heavy atom. The second kappa shape index (κ2) is 12.4. The summed E-state index contributed by atoms with van der Waals surface area (Å²) in [4.78, 5) is 23.4. The van der Waals surface area contributed by atoms with Crippen LogP contribution in [-0.2, 0) is 19.1 Å². The maximum Gasteiger partial charge on any atom is 0.306 e. The first-order chi connectivity index (χ1) is 10.8. The van der Waals surface area contributed by atoms with Gasteiger partial charge < -0.3 is 9.47 Å². The average molecular weight is 328 g/mol. The van der Waals surface area contributed by atoms with Crippen LogP contribution in [0.2, 0.25) is 0 Å². The van der Waals surface area contributed by atoms with Gasteiger partial charge in [-0.3, -0.25) is 9.59 Å². The molecule has 0 aromatic heterocycles. The van der Waals surface area contributed by atoms with Crippen molar-refractivity contribution in [2.45, 2.75) is 98.7 Å². The second-order valence-electron chi connectivity index (χ2n) is 7.07. The molecule has 0 fully saturated rings. The lowest BCUT2D eigenvalue weighted by atomic mass is 10.0. The third kappa shape index (κ3) is 12.1. The van der Waals surface area contributed by atoms with Crippen LogP contribution in [0.1, 0.15) is 86.5 Å². The van der Waals surface area contributed by atoms with E-state index < -0.39 is 0 Å². The van der Waals surface area contributed by atoms with Gasteiger partial charge in [0.2, 0.25) is 0 Å². The third-order valence-corrected chi connectivity index (χ3v) is 4.16. The van der Waals surface area contributed by atoms with Crippen molar-refractivity contribution in [3.8, 4) is 0 Å². The Morgan fingerprint density at radius 1 is 0.826 bits per heavy atom. The zero-order valence-electron chi connectivity index (χ0n) is 15.9. The summed E-state index contributed by atoms with van der Waals surface area (Å²) >= 11 is 0. The summed E-state index contributed by atoms with van der Waals surface area (Å²) in [6.45, 7) is 12.3. The fraction of sp³-hybridized carbons (Fsp3) is 0.895. The highest BCUT2D eigenvalue weighted by molar-refractivity contribution is 5.70. The number of hydrogen-bond donors (Lipinski definition) is 0. The topological polar surface area (TPSA) is 52.6 Å². The molecule has 0 amide bonds. The summed E-state index contributed by atoms with van der Waals surface area (Å²) < 4.78 is 10.7. The van der Waals surface area contributed by atoms with Crippen LogP contribution < -0.4 is 0 Å². The Morgan fingerprint density at radius 2 is 1.35 bits per heavy atom. The minimum atomic E-state index is -0.133. The Hall–Kier alpha value is -1.06. The molecule has 23 heavy (non-hydrogen) atoms. The number of unbranched alkanes of at least 4 members (excludes halogenated alkanes) is 2. The molecule has 0 aliphatic heterocycles. The first-order valence-electron chi connectivity index (χ1n) is 9.15. The molecule has 0 aromatic rings. The van der Waals surface area contributed by atoms with Crippen molar-refractivity contribution < 1.29 is 19.1 Å². The van der Waals surface area contributed by atoms with Gasteiger partial charge in [0.05, 0.1) is 6.10 Å². The Kier molecular flexibility index (Phi) is 11.8. The van der Waals surface area contributed by atoms with E-state index in [9.17, 15) is 9.59 Å². The van der Waals surface area contributed by atoms with Gasteiger partial charge in [-0.2, -0.15) is 0 Å². The second-order valence-corrected chi connectivity index (χ2v) is 7.07. The van der Waals surface area contributed by atoms with E-state index in [1.54, 1.807) is 0 Å². The molecule has 4 nitrogen and oxygen atoms in total. The largest absolute Gasteiger partial charge is 0.463 e. The van der Waals surface area contributed by atoms with Crippen molar-refractivity contribution in [3.63, 3.8) is 0 Å². The summed E-state index contributed by atoms with van der Waals surface area (Å²) in [5, 5.41) is 0. The molecule has 3 atom stereocenters. The van der Waals surface area contributed by atoms with Crippen LogP contribution in [0.15, 0.2) is 0 Å². The van der Waals surface area contributed by atoms with E-state index in [-0.39, 0.29) is 24.1 Å². The van der Waals surface area contributed by atoms with Gasteiger partial charge in [-0.05, 0) is 44.9 Å². The van der Waals surface area contributed by atoms with Gasteiger partial charge in [0.15, 0.2) is 0 Å². The van der Waals surface area contributed by atoms with E-state index >= 15 is 0 Å². The van der Waals surface area contributed by atoms with Crippen molar-refractivity contribution in [1.82, 2.24) is 0 Å². The molecule has 0 bridgehead atoms. The van der Waals surface area contributed by atoms with E-state index in [4.69, 9.17) is 9.47 Å². The molecule has 0 aliphatic rings. The van der Waals surface area contributed by atoms with Crippen molar-refractivity contribution >= 4 is 11.9 Å². The van der Waals surface area contributed by atoms with Crippen molar-refractivity contribution in [3.05, 3.63) is 0 Å². The molecule has 4 heteroatoms. The lowest BCUT2D eigenvalue weighted by Gasteiger charge is -2.18. The number of esters is 2. The fourth-order valence-electron chi connectivity index (χ4n) is 2.43. The van der Waals surface area contributed by atoms with E-state index in [2.05, 4.69) is 27.7 Å². The van der Waals surface area contributed by atoms with Crippen LogP contribution in [0.25, 0.3) is 0 Å². The van der Waals surface area contributed by atoms with Crippen LogP contribution >= 0.6 is 0 Å². The van der Waals surface area contributed by atoms with Crippen LogP contribution in [0.4, 0.5) is 0 Å². The lowest BCUT2D eigenvalue weighted by Crippen LogP contribution is -2.21. The van der Waals surface area contributed by atoms with Gasteiger partial charge >= 0.3 is 11.9 Å². The highest BCUT2D eigenvalue weighted by Crippen LogP contribution is 2.13. The minimum absolute atomic E-state index is 0.0143. The third-order valence-electron chi connectivity index (χ3n) is 4.16. The molecule has 3 unspecified atom stereocenters. The molecule has 0 heterocycles. The normalized spacial score (nSPS) is 15.1. The van der Waals surface area contributed by atoms with Crippen LogP contribution in [-0.4, -0.2) is 24.1 Å². The van der Waals surface area contributed by atoms with E-state index in [0.717, 1.165) is 32.1 Å². The van der Waals surface area contributed by atoms with Gasteiger partial charge in [0.25, 0.3) is 0 Å². The van der Waals surface area contributed by atoms with Crippen molar-refractivity contribution in [1.29, 1.82) is 0 Å². The zero-order chi connectivity index (χ0) is 17.8. The van der Waals surface area contributed by atoms with Crippen LogP contribution in [0.5, 0.6) is 0 Å². The summed E-state index contributed by atoms with van der Waals surface area (Å²) in [6, 6.07) is 0. The average Bonchev–Trinajstić information content (AvgIpc) is 2.44. The van der Waals surface area contributed by atoms with Gasteiger partial charge in [-0.15, -0.1) is 0 Å². The number of hydrogen-bond acceptors (Lipinski definition) is 4. The summed E-state index contributed by atoms with van der Waals surface area (Å²) in [7, 11) is 0. The first kappa shape index (κ1) is 21.9. The lowest BCUT2D eigenvalue weighted by molar-refractivity contribution is -0.150. The fourth-order valence-corrected chi connectivity index (χ4v) is 2.43. The highest BCUT2D eigenvalue weighted by atomic mass is 16.5. The molecule has 0 aliphatic carbocycles. The summed E-state index contributed by atoms with van der Waals surface area (Å²) in [6.07, 6.45) is 5.10. The smallest absolute Gasteiger partial charge is 0.306 e. The molecule has 136 valence electrons. The molecule has 0 saturated carbocycles. The molecule has 0 radical (unpaired) electrons. The zero-order valence-corrected chi connectivity index (χ0v) is 15.9. The van der Waals surface area contributed by atoms with Gasteiger partial charge in [-0.25, -0.2) is 0 Å². The molecular weight excluding hydrogens is 292 g/mol. The van der Waals surface area contributed by atoms with Gasteiger partial charge in [0, 0.05) is 12.8 Å². The standard InChI is InChI=1S/C19H36O4/c1-7-15(4)17(6)23-19(21)12-10-8-9-11-18(20)22-16(5)13-14(2)3/h14-17H,7-13H2,1-6H3. The quantitative estimate of drug-likeness (QED) is 0.378. The Bertz CT molecular complexity index is 338. The van der Waals surface area contributed by atoms with Crippen molar-refractivity contribution in [2.75, 3.05) is 0 Å². The predicted octanol–water partition coefficient (Wildman–Crippen LogP) is 4.89. The van der Waals surface area contributed by atoms with Crippen LogP contribution in [0.3, 0.4) is 0 Å². The maximum absolute atomic E-state index is 11.7. The predicted molar refractivity (Wildman–Crippen MR) is 93.1 cm³/mol. The van der Waals surface area contributed by atoms with E-state index in [0.29, 0.717) is 24.7 Å². The number of carbonyl (C=O) groups is 2. The number of carbonyl (C=O) groups excluding carboxylic acids is 2. The molecule has 0 rings (SSSR count). The monoisotopic (exact) mass is 328 g/mol. The summed E-state index contributed by atoms with van der Waals surface area (Å²) in [5.41, 5.74) is 0. The highest BCUT2D eigenvalue weighted by Gasteiger charge is 2.15. The Balaban J connectivity index is 3.68. The number of rotatable bonds is 12. The SMILES string of the molecule is CCC(C)C(C)OC(=O)CCCCCC(=O)OC(C)CC(C)C. The van der Waals surface area contributed by atoms with E-state index in [1.807, 2.05) is 13.8 Å². The molecule has 0 N–H and O–H groups in total. The maximum atomic E-state index is 11.7. The molecule has 0 spiro atoms.